The standard InChI is InChI=1S/C17H19N3O6S2/c21-20(22)16-8-4-5-9-17(16)28(25,26)19-12-10-18(11-13-19)27(23,24)14-15-6-2-1-3-7-15/h1-9H,10-14H2. The number of nitro groups is 1. The molecule has 0 amide bonds. The molecule has 150 valence electrons. The predicted octanol–water partition coefficient (Wildman–Crippen LogP) is 1.43. The third kappa shape index (κ3) is 4.22. The fourth-order valence-electron chi connectivity index (χ4n) is 3.03. The molecule has 0 saturated carbocycles. The van der Waals surface area contributed by atoms with Crippen LogP contribution in [0.5, 0.6) is 0 Å². The van der Waals surface area contributed by atoms with E-state index in [1.165, 1.54) is 22.5 Å². The van der Waals surface area contributed by atoms with Crippen LogP contribution in [0.2, 0.25) is 0 Å². The predicted molar refractivity (Wildman–Crippen MR) is 102 cm³/mol. The van der Waals surface area contributed by atoms with Crippen molar-refractivity contribution in [2.45, 2.75) is 10.6 Å². The van der Waals surface area contributed by atoms with Crippen LogP contribution in [0.3, 0.4) is 0 Å². The number of nitrogens with zero attached hydrogens (tertiary/aromatic N) is 3. The SMILES string of the molecule is O=[N+]([O-])c1ccccc1S(=O)(=O)N1CCN(S(=O)(=O)Cc2ccccc2)CC1. The second-order valence-corrected chi connectivity index (χ2v) is 10.1. The second-order valence-electron chi connectivity index (χ2n) is 6.27. The molecule has 1 heterocycles. The smallest absolute Gasteiger partial charge is 0.258 e. The zero-order valence-electron chi connectivity index (χ0n) is 14.8. The lowest BCUT2D eigenvalue weighted by molar-refractivity contribution is -0.387. The lowest BCUT2D eigenvalue weighted by atomic mass is 10.2. The minimum absolute atomic E-state index is 0.00493. The van der Waals surface area contributed by atoms with Crippen molar-refractivity contribution in [1.82, 2.24) is 8.61 Å². The van der Waals surface area contributed by atoms with E-state index in [0.29, 0.717) is 5.56 Å². The van der Waals surface area contributed by atoms with E-state index in [1.807, 2.05) is 0 Å². The summed E-state index contributed by atoms with van der Waals surface area (Å²) in [5, 5.41) is 11.1. The van der Waals surface area contributed by atoms with Crippen LogP contribution in [-0.2, 0) is 25.8 Å². The quantitative estimate of drug-likeness (QED) is 0.510. The van der Waals surface area contributed by atoms with Crippen molar-refractivity contribution in [3.05, 3.63) is 70.3 Å². The van der Waals surface area contributed by atoms with Crippen LogP contribution in [0.1, 0.15) is 5.56 Å². The molecule has 0 aromatic heterocycles. The Labute approximate surface area is 163 Å². The molecule has 0 radical (unpaired) electrons. The number of piperazine rings is 1. The molecule has 3 rings (SSSR count). The highest BCUT2D eigenvalue weighted by molar-refractivity contribution is 7.89. The zero-order valence-corrected chi connectivity index (χ0v) is 16.5. The summed E-state index contributed by atoms with van der Waals surface area (Å²) < 4.78 is 53.2. The molecule has 0 unspecified atom stereocenters. The molecule has 1 aliphatic rings. The molecule has 2 aromatic rings. The molecule has 0 aliphatic carbocycles. The number of rotatable bonds is 6. The first-order chi connectivity index (χ1) is 13.2. The Kier molecular flexibility index (Phi) is 5.79. The van der Waals surface area contributed by atoms with Gasteiger partial charge in [-0.05, 0) is 11.6 Å². The third-order valence-electron chi connectivity index (χ3n) is 4.46. The normalized spacial score (nSPS) is 16.7. The molecule has 2 aromatic carbocycles. The molecule has 0 atom stereocenters. The van der Waals surface area contributed by atoms with Gasteiger partial charge in [0.15, 0.2) is 4.90 Å². The Hall–Kier alpha value is -2.34. The Balaban J connectivity index is 1.74. The molecule has 28 heavy (non-hydrogen) atoms. The Morgan fingerprint density at radius 1 is 0.821 bits per heavy atom. The van der Waals surface area contributed by atoms with Crippen molar-refractivity contribution in [1.29, 1.82) is 0 Å². The first kappa shape index (κ1) is 20.4. The van der Waals surface area contributed by atoms with E-state index in [2.05, 4.69) is 0 Å². The van der Waals surface area contributed by atoms with E-state index in [0.717, 1.165) is 10.4 Å². The first-order valence-corrected chi connectivity index (χ1v) is 11.5. The topological polar surface area (TPSA) is 118 Å². The summed E-state index contributed by atoms with van der Waals surface area (Å²) in [7, 11) is -7.68. The second kappa shape index (κ2) is 7.95. The highest BCUT2D eigenvalue weighted by Gasteiger charge is 2.36. The maximum atomic E-state index is 12.8. The van der Waals surface area contributed by atoms with Crippen molar-refractivity contribution in [3.63, 3.8) is 0 Å². The van der Waals surface area contributed by atoms with Gasteiger partial charge in [0.25, 0.3) is 5.69 Å². The van der Waals surface area contributed by atoms with Crippen LogP contribution in [0.4, 0.5) is 5.69 Å². The fourth-order valence-corrected chi connectivity index (χ4v) is 6.13. The summed E-state index contributed by atoms with van der Waals surface area (Å²) in [5.41, 5.74) is 0.152. The highest BCUT2D eigenvalue weighted by Crippen LogP contribution is 2.27. The molecular formula is C17H19N3O6S2. The monoisotopic (exact) mass is 425 g/mol. The van der Waals surface area contributed by atoms with E-state index in [-0.39, 0.29) is 36.8 Å². The van der Waals surface area contributed by atoms with Crippen molar-refractivity contribution < 1.29 is 21.8 Å². The molecule has 1 aliphatic heterocycles. The molecule has 0 bridgehead atoms. The van der Waals surface area contributed by atoms with Gasteiger partial charge in [-0.1, -0.05) is 42.5 Å². The molecule has 9 nitrogen and oxygen atoms in total. The Bertz CT molecular complexity index is 1060. The van der Waals surface area contributed by atoms with Crippen molar-refractivity contribution in [2.75, 3.05) is 26.2 Å². The van der Waals surface area contributed by atoms with Gasteiger partial charge in [0, 0.05) is 32.2 Å². The van der Waals surface area contributed by atoms with Crippen LogP contribution < -0.4 is 0 Å². The molecule has 11 heteroatoms. The van der Waals surface area contributed by atoms with E-state index >= 15 is 0 Å². The van der Waals surface area contributed by atoms with Crippen LogP contribution >= 0.6 is 0 Å². The molecule has 0 spiro atoms. The van der Waals surface area contributed by atoms with Gasteiger partial charge in [-0.3, -0.25) is 10.1 Å². The summed E-state index contributed by atoms with van der Waals surface area (Å²) in [4.78, 5) is 10.0. The number of benzene rings is 2. The molecular weight excluding hydrogens is 406 g/mol. The average molecular weight is 425 g/mol. The van der Waals surface area contributed by atoms with E-state index in [9.17, 15) is 26.9 Å². The van der Waals surface area contributed by atoms with Gasteiger partial charge in [-0.25, -0.2) is 16.8 Å². The Morgan fingerprint density at radius 3 is 1.96 bits per heavy atom. The first-order valence-electron chi connectivity index (χ1n) is 8.47. The van der Waals surface area contributed by atoms with Crippen molar-refractivity contribution >= 4 is 25.7 Å². The van der Waals surface area contributed by atoms with Gasteiger partial charge in [0.2, 0.25) is 20.0 Å². The number of nitro benzene ring substituents is 1. The number of hydrogen-bond acceptors (Lipinski definition) is 6. The van der Waals surface area contributed by atoms with Gasteiger partial charge in [0.05, 0.1) is 10.7 Å². The highest BCUT2D eigenvalue weighted by atomic mass is 32.2. The van der Waals surface area contributed by atoms with Crippen LogP contribution in [0.15, 0.2) is 59.5 Å². The fraction of sp³-hybridized carbons (Fsp3) is 0.294. The van der Waals surface area contributed by atoms with Crippen LogP contribution in [0, 0.1) is 10.1 Å². The lowest BCUT2D eigenvalue weighted by Gasteiger charge is -2.33. The maximum Gasteiger partial charge on any atom is 0.289 e. The van der Waals surface area contributed by atoms with Gasteiger partial charge >= 0.3 is 0 Å². The average Bonchev–Trinajstić information content (AvgIpc) is 2.68. The minimum Gasteiger partial charge on any atom is -0.258 e. The van der Waals surface area contributed by atoms with E-state index < -0.39 is 30.7 Å². The van der Waals surface area contributed by atoms with Crippen LogP contribution in [-0.4, -0.2) is 56.5 Å². The number of para-hydroxylation sites is 1. The van der Waals surface area contributed by atoms with Crippen molar-refractivity contribution in [2.24, 2.45) is 0 Å². The van der Waals surface area contributed by atoms with Gasteiger partial charge in [0.1, 0.15) is 0 Å². The van der Waals surface area contributed by atoms with E-state index in [4.69, 9.17) is 0 Å². The summed E-state index contributed by atoms with van der Waals surface area (Å²) >= 11 is 0. The third-order valence-corrected chi connectivity index (χ3v) is 8.26. The summed E-state index contributed by atoms with van der Waals surface area (Å²) in [6.07, 6.45) is 0. The van der Waals surface area contributed by atoms with Gasteiger partial charge < -0.3 is 0 Å². The maximum absolute atomic E-state index is 12.8. The number of sulfonamides is 2. The molecule has 0 N–H and O–H groups in total. The Morgan fingerprint density at radius 2 is 1.36 bits per heavy atom. The zero-order chi connectivity index (χ0) is 20.4. The molecule has 1 saturated heterocycles. The lowest BCUT2D eigenvalue weighted by Crippen LogP contribution is -2.50. The summed E-state index contributed by atoms with van der Waals surface area (Å²) in [5.74, 6) is -0.162. The van der Waals surface area contributed by atoms with Gasteiger partial charge in [-0.2, -0.15) is 8.61 Å². The summed E-state index contributed by atoms with van der Waals surface area (Å²) in [6, 6.07) is 13.9. The minimum atomic E-state index is -4.10. The van der Waals surface area contributed by atoms with Crippen molar-refractivity contribution in [3.8, 4) is 0 Å². The van der Waals surface area contributed by atoms with Crippen LogP contribution in [0.25, 0.3) is 0 Å². The van der Waals surface area contributed by atoms with E-state index in [1.54, 1.807) is 30.3 Å². The summed E-state index contributed by atoms with van der Waals surface area (Å²) in [6.45, 7) is -0.144. The van der Waals surface area contributed by atoms with Gasteiger partial charge in [-0.15, -0.1) is 0 Å². The number of hydrogen-bond donors (Lipinski definition) is 0. The molecule has 1 fully saturated rings. The largest absolute Gasteiger partial charge is 0.289 e.